The van der Waals surface area contributed by atoms with Gasteiger partial charge in [0.2, 0.25) is 0 Å². The Balaban J connectivity index is 2.89. The highest BCUT2D eigenvalue weighted by atomic mass is 19.3. The maximum absolute atomic E-state index is 12.0. The number of carbonyl (C=O) groups excluding carboxylic acids is 1. The van der Waals surface area contributed by atoms with Crippen molar-refractivity contribution in [3.63, 3.8) is 0 Å². The Bertz CT molecular complexity index is 324. The van der Waals surface area contributed by atoms with Gasteiger partial charge in [0.25, 0.3) is 6.43 Å². The lowest BCUT2D eigenvalue weighted by Gasteiger charge is -2.03. The molecule has 76 valence electrons. The Labute approximate surface area is 79.2 Å². The van der Waals surface area contributed by atoms with Crippen LogP contribution in [-0.2, 0) is 0 Å². The Morgan fingerprint density at radius 3 is 2.43 bits per heavy atom. The van der Waals surface area contributed by atoms with Gasteiger partial charge in [-0.1, -0.05) is 0 Å². The first-order valence-corrected chi connectivity index (χ1v) is 3.92. The molecule has 0 fully saturated rings. The molecule has 0 aliphatic carbocycles. The van der Waals surface area contributed by atoms with Crippen molar-refractivity contribution in [1.29, 1.82) is 0 Å². The molecule has 1 heterocycles. The molecule has 1 aromatic rings. The maximum atomic E-state index is 12.0. The molecule has 0 spiro atoms. The van der Waals surface area contributed by atoms with Crippen molar-refractivity contribution < 1.29 is 13.6 Å². The number of hydrogen-bond donors (Lipinski definition) is 1. The van der Waals surface area contributed by atoms with Gasteiger partial charge in [-0.2, -0.15) is 0 Å². The lowest BCUT2D eigenvalue weighted by Crippen LogP contribution is -2.27. The van der Waals surface area contributed by atoms with Crippen molar-refractivity contribution >= 4 is 5.78 Å². The number of nitrogens with zero attached hydrogens (tertiary/aromatic N) is 2. The summed E-state index contributed by atoms with van der Waals surface area (Å²) in [6.07, 6.45) is -0.796. The number of hydrogen-bond acceptors (Lipinski definition) is 4. The van der Waals surface area contributed by atoms with Crippen LogP contribution in [0.1, 0.15) is 29.5 Å². The standard InChI is InChI=1S/C8H9F2N3O/c1-4(11)7(14)5-2-13-6(3-12-5)8(9)10/h2-4,8H,11H2,1H3. The lowest BCUT2D eigenvalue weighted by atomic mass is 10.2. The molecule has 0 amide bonds. The van der Waals surface area contributed by atoms with E-state index in [0.29, 0.717) is 0 Å². The summed E-state index contributed by atoms with van der Waals surface area (Å²) in [7, 11) is 0. The smallest absolute Gasteiger partial charge is 0.281 e. The highest BCUT2D eigenvalue weighted by Gasteiger charge is 2.14. The Kier molecular flexibility index (Phi) is 3.19. The summed E-state index contributed by atoms with van der Waals surface area (Å²) in [5.41, 5.74) is 4.85. The van der Waals surface area contributed by atoms with Crippen LogP contribution in [-0.4, -0.2) is 21.8 Å². The minimum Gasteiger partial charge on any atom is -0.321 e. The van der Waals surface area contributed by atoms with Crippen LogP contribution >= 0.6 is 0 Å². The van der Waals surface area contributed by atoms with E-state index >= 15 is 0 Å². The van der Waals surface area contributed by atoms with Crippen molar-refractivity contribution in [2.24, 2.45) is 5.73 Å². The number of nitrogens with two attached hydrogens (primary N) is 1. The molecule has 0 aliphatic rings. The average molecular weight is 201 g/mol. The zero-order chi connectivity index (χ0) is 10.7. The van der Waals surface area contributed by atoms with Crippen LogP contribution in [0.2, 0.25) is 0 Å². The minimum atomic E-state index is -2.68. The number of carbonyl (C=O) groups is 1. The summed E-state index contributed by atoms with van der Waals surface area (Å²) >= 11 is 0. The van der Waals surface area contributed by atoms with Crippen LogP contribution < -0.4 is 5.73 Å². The van der Waals surface area contributed by atoms with E-state index in [4.69, 9.17) is 5.73 Å². The van der Waals surface area contributed by atoms with Crippen LogP contribution in [0.3, 0.4) is 0 Å². The van der Waals surface area contributed by atoms with E-state index in [-0.39, 0.29) is 5.69 Å². The predicted octanol–water partition coefficient (Wildman–Crippen LogP) is 0.944. The van der Waals surface area contributed by atoms with Crippen LogP contribution in [0.4, 0.5) is 8.78 Å². The number of aromatic nitrogens is 2. The van der Waals surface area contributed by atoms with Gasteiger partial charge in [-0.05, 0) is 6.92 Å². The van der Waals surface area contributed by atoms with Crippen molar-refractivity contribution in [3.05, 3.63) is 23.8 Å². The summed E-state index contributed by atoms with van der Waals surface area (Å²) < 4.78 is 24.1. The number of alkyl halides is 2. The van der Waals surface area contributed by atoms with E-state index in [9.17, 15) is 13.6 Å². The van der Waals surface area contributed by atoms with Gasteiger partial charge in [-0.3, -0.25) is 9.78 Å². The normalized spacial score (nSPS) is 12.9. The maximum Gasteiger partial charge on any atom is 0.281 e. The third-order valence-electron chi connectivity index (χ3n) is 1.56. The molecule has 4 nitrogen and oxygen atoms in total. The fourth-order valence-electron chi connectivity index (χ4n) is 0.811. The molecule has 1 atom stereocenters. The molecule has 1 aromatic heterocycles. The van der Waals surface area contributed by atoms with Gasteiger partial charge in [0.05, 0.1) is 18.4 Å². The molecule has 1 unspecified atom stereocenters. The van der Waals surface area contributed by atoms with E-state index in [2.05, 4.69) is 9.97 Å². The molecular weight excluding hydrogens is 192 g/mol. The van der Waals surface area contributed by atoms with Gasteiger partial charge < -0.3 is 5.73 Å². The van der Waals surface area contributed by atoms with Crippen LogP contribution in [0.5, 0.6) is 0 Å². The molecule has 2 N–H and O–H groups in total. The highest BCUT2D eigenvalue weighted by molar-refractivity contribution is 5.97. The van der Waals surface area contributed by atoms with Crippen molar-refractivity contribution in [1.82, 2.24) is 9.97 Å². The SMILES string of the molecule is CC(N)C(=O)c1cnc(C(F)F)cn1. The Morgan fingerprint density at radius 2 is 2.07 bits per heavy atom. The van der Waals surface area contributed by atoms with Gasteiger partial charge in [0.1, 0.15) is 11.4 Å². The fraction of sp³-hybridized carbons (Fsp3) is 0.375. The van der Waals surface area contributed by atoms with Gasteiger partial charge >= 0.3 is 0 Å². The molecule has 6 heteroatoms. The largest absolute Gasteiger partial charge is 0.321 e. The van der Waals surface area contributed by atoms with Crippen LogP contribution in [0.25, 0.3) is 0 Å². The quantitative estimate of drug-likeness (QED) is 0.739. The summed E-state index contributed by atoms with van der Waals surface area (Å²) in [5.74, 6) is -0.418. The van der Waals surface area contributed by atoms with E-state index in [1.165, 1.54) is 6.92 Å². The summed E-state index contributed by atoms with van der Waals surface area (Å²) in [6, 6.07) is -0.707. The minimum absolute atomic E-state index is 0.00407. The molecule has 14 heavy (non-hydrogen) atoms. The molecule has 0 radical (unpaired) electrons. The first-order valence-electron chi connectivity index (χ1n) is 3.92. The van der Waals surface area contributed by atoms with Crippen LogP contribution in [0, 0.1) is 0 Å². The Hall–Kier alpha value is -1.43. The molecule has 0 aromatic carbocycles. The van der Waals surface area contributed by atoms with E-state index < -0.39 is 23.9 Å². The van der Waals surface area contributed by atoms with Crippen molar-refractivity contribution in [2.45, 2.75) is 19.4 Å². The number of Topliss-reactive ketones (excluding diaryl/α,β-unsaturated/α-hetero) is 1. The van der Waals surface area contributed by atoms with Crippen molar-refractivity contribution in [2.75, 3.05) is 0 Å². The first-order chi connectivity index (χ1) is 6.52. The lowest BCUT2D eigenvalue weighted by molar-refractivity contribution is 0.0961. The third-order valence-corrected chi connectivity index (χ3v) is 1.56. The molecular formula is C8H9F2N3O. The number of ketones is 1. The molecule has 0 aliphatic heterocycles. The van der Waals surface area contributed by atoms with Gasteiger partial charge in [0.15, 0.2) is 5.78 Å². The van der Waals surface area contributed by atoms with Gasteiger partial charge in [0, 0.05) is 0 Å². The third kappa shape index (κ3) is 2.29. The second kappa shape index (κ2) is 4.19. The van der Waals surface area contributed by atoms with Crippen LogP contribution in [0.15, 0.2) is 12.4 Å². The van der Waals surface area contributed by atoms with E-state index in [1.54, 1.807) is 0 Å². The average Bonchev–Trinajstić information content (AvgIpc) is 2.16. The molecule has 1 rings (SSSR count). The fourth-order valence-corrected chi connectivity index (χ4v) is 0.811. The topological polar surface area (TPSA) is 68.9 Å². The summed E-state index contributed by atoms with van der Waals surface area (Å²) in [4.78, 5) is 18.2. The number of rotatable bonds is 3. The molecule has 0 saturated heterocycles. The second-order valence-corrected chi connectivity index (χ2v) is 2.78. The van der Waals surface area contributed by atoms with Gasteiger partial charge in [-0.25, -0.2) is 13.8 Å². The zero-order valence-electron chi connectivity index (χ0n) is 7.45. The summed E-state index contributed by atoms with van der Waals surface area (Å²) in [6.45, 7) is 1.49. The first kappa shape index (κ1) is 10.6. The number of halogens is 2. The highest BCUT2D eigenvalue weighted by Crippen LogP contribution is 2.14. The second-order valence-electron chi connectivity index (χ2n) is 2.78. The van der Waals surface area contributed by atoms with E-state index in [1.807, 2.05) is 0 Å². The monoisotopic (exact) mass is 201 g/mol. The Morgan fingerprint density at radius 1 is 1.43 bits per heavy atom. The van der Waals surface area contributed by atoms with Crippen molar-refractivity contribution in [3.8, 4) is 0 Å². The molecule has 0 saturated carbocycles. The van der Waals surface area contributed by atoms with E-state index in [0.717, 1.165) is 12.4 Å². The predicted molar refractivity (Wildman–Crippen MR) is 45.0 cm³/mol. The van der Waals surface area contributed by atoms with Gasteiger partial charge in [-0.15, -0.1) is 0 Å². The molecule has 0 bridgehead atoms. The zero-order valence-corrected chi connectivity index (χ0v) is 7.45. The summed E-state index contributed by atoms with van der Waals surface area (Å²) in [5, 5.41) is 0.